The highest BCUT2D eigenvalue weighted by Crippen LogP contribution is 2.36. The Hall–Kier alpha value is -1.65. The molecule has 3 rings (SSSR count). The van der Waals surface area contributed by atoms with Gasteiger partial charge in [-0.2, -0.15) is 0 Å². The van der Waals surface area contributed by atoms with Crippen molar-refractivity contribution in [1.82, 2.24) is 14.9 Å². The van der Waals surface area contributed by atoms with Crippen molar-refractivity contribution >= 4 is 0 Å². The minimum Gasteiger partial charge on any atom is -0.371 e. The van der Waals surface area contributed by atoms with Crippen molar-refractivity contribution in [3.05, 3.63) is 53.6 Å². The van der Waals surface area contributed by atoms with E-state index in [0.717, 1.165) is 31.9 Å². The van der Waals surface area contributed by atoms with E-state index in [4.69, 9.17) is 4.74 Å². The van der Waals surface area contributed by atoms with Gasteiger partial charge < -0.3 is 14.6 Å². The number of aromatic nitrogens is 2. The number of hydrogen-bond donors (Lipinski definition) is 1. The Labute approximate surface area is 126 Å². The number of benzene rings is 1. The van der Waals surface area contributed by atoms with Crippen LogP contribution in [0.3, 0.4) is 0 Å². The Morgan fingerprint density at radius 3 is 3.05 bits per heavy atom. The molecule has 1 aromatic heterocycles. The minimum atomic E-state index is 0.0302. The normalized spacial score (nSPS) is 19.2. The molecule has 2 aromatic rings. The van der Waals surface area contributed by atoms with E-state index in [9.17, 15) is 0 Å². The molecular weight excluding hydrogens is 262 g/mol. The maximum Gasteiger partial charge on any atom is 0.128 e. The van der Waals surface area contributed by atoms with Gasteiger partial charge in [-0.15, -0.1) is 0 Å². The highest BCUT2D eigenvalue weighted by atomic mass is 16.5. The molecule has 1 aliphatic rings. The molecule has 2 heterocycles. The second kappa shape index (κ2) is 6.41. The molecule has 4 heteroatoms. The number of nitrogens with one attached hydrogen (secondary N) is 1. The van der Waals surface area contributed by atoms with Gasteiger partial charge in [0.25, 0.3) is 0 Å². The van der Waals surface area contributed by atoms with Gasteiger partial charge in [-0.25, -0.2) is 4.98 Å². The van der Waals surface area contributed by atoms with E-state index in [1.54, 1.807) is 0 Å². The molecule has 1 aromatic carbocycles. The number of rotatable bonds is 5. The lowest BCUT2D eigenvalue weighted by Crippen LogP contribution is -2.33. The average Bonchev–Trinajstić information content (AvgIpc) is 3.00. The molecule has 0 bridgehead atoms. The van der Waals surface area contributed by atoms with E-state index < -0.39 is 0 Å². The second-order valence-electron chi connectivity index (χ2n) is 5.35. The number of aryl methyl sites for hydroxylation is 1. The van der Waals surface area contributed by atoms with Crippen molar-refractivity contribution in [2.75, 3.05) is 13.2 Å². The third-order valence-corrected chi connectivity index (χ3v) is 4.12. The highest BCUT2D eigenvalue weighted by Gasteiger charge is 2.31. The van der Waals surface area contributed by atoms with E-state index in [0.29, 0.717) is 0 Å². The molecular formula is C17H23N3O. The monoisotopic (exact) mass is 285 g/mol. The number of likely N-dealkylation sites (N-methyl/N-ethyl adjacent to an activating group) is 1. The predicted molar refractivity (Wildman–Crippen MR) is 83.2 cm³/mol. The summed E-state index contributed by atoms with van der Waals surface area (Å²) in [5.74, 6) is 1.06. The Morgan fingerprint density at radius 1 is 1.38 bits per heavy atom. The van der Waals surface area contributed by atoms with Crippen molar-refractivity contribution in [1.29, 1.82) is 0 Å². The molecule has 0 amide bonds. The van der Waals surface area contributed by atoms with Gasteiger partial charge in [-0.3, -0.25) is 0 Å². The third-order valence-electron chi connectivity index (χ3n) is 4.12. The van der Waals surface area contributed by atoms with Gasteiger partial charge >= 0.3 is 0 Å². The molecule has 0 saturated heterocycles. The smallest absolute Gasteiger partial charge is 0.128 e. The third kappa shape index (κ3) is 2.74. The molecule has 21 heavy (non-hydrogen) atoms. The van der Waals surface area contributed by atoms with Crippen molar-refractivity contribution in [3.63, 3.8) is 0 Å². The van der Waals surface area contributed by atoms with Crippen LogP contribution in [-0.2, 0) is 17.7 Å². The molecule has 0 radical (unpaired) electrons. The Morgan fingerprint density at radius 2 is 2.24 bits per heavy atom. The van der Waals surface area contributed by atoms with Crippen LogP contribution in [0.2, 0.25) is 0 Å². The molecule has 2 unspecified atom stereocenters. The van der Waals surface area contributed by atoms with E-state index in [2.05, 4.69) is 53.0 Å². The summed E-state index contributed by atoms with van der Waals surface area (Å²) < 4.78 is 8.31. The van der Waals surface area contributed by atoms with Crippen LogP contribution in [0, 0.1) is 0 Å². The lowest BCUT2D eigenvalue weighted by atomic mass is 9.92. The first kappa shape index (κ1) is 14.3. The van der Waals surface area contributed by atoms with Crippen LogP contribution in [0.1, 0.15) is 42.9 Å². The largest absolute Gasteiger partial charge is 0.371 e. The summed E-state index contributed by atoms with van der Waals surface area (Å²) in [6.45, 7) is 6.86. The molecule has 0 saturated carbocycles. The van der Waals surface area contributed by atoms with E-state index in [1.807, 2.05) is 12.4 Å². The lowest BCUT2D eigenvalue weighted by Gasteiger charge is -2.32. The maximum absolute atomic E-state index is 6.13. The van der Waals surface area contributed by atoms with E-state index in [1.165, 1.54) is 11.1 Å². The standard InChI is InChI=1S/C17H23N3O/c1-3-18-15(17-19-10-11-20(17)4-2)16-14-8-6-5-7-13(14)9-12-21-16/h5-8,10-11,15-16,18H,3-4,9,12H2,1-2H3. The van der Waals surface area contributed by atoms with Crippen LogP contribution in [0.5, 0.6) is 0 Å². The van der Waals surface area contributed by atoms with Gasteiger partial charge in [0.2, 0.25) is 0 Å². The summed E-state index contributed by atoms with van der Waals surface area (Å²) in [5.41, 5.74) is 2.69. The lowest BCUT2D eigenvalue weighted by molar-refractivity contribution is 0.0122. The molecule has 0 spiro atoms. The molecule has 1 N–H and O–H groups in total. The first-order chi connectivity index (χ1) is 10.3. The maximum atomic E-state index is 6.13. The van der Waals surface area contributed by atoms with Crippen molar-refractivity contribution in [3.8, 4) is 0 Å². The van der Waals surface area contributed by atoms with Gasteiger partial charge in [0.15, 0.2) is 0 Å². The molecule has 1 aliphatic heterocycles. The zero-order valence-electron chi connectivity index (χ0n) is 12.7. The molecule has 2 atom stereocenters. The van der Waals surface area contributed by atoms with Crippen LogP contribution < -0.4 is 5.32 Å². The van der Waals surface area contributed by atoms with Crippen LogP contribution in [0.4, 0.5) is 0 Å². The topological polar surface area (TPSA) is 39.1 Å². The fourth-order valence-corrected chi connectivity index (χ4v) is 3.12. The number of hydrogen-bond acceptors (Lipinski definition) is 3. The van der Waals surface area contributed by atoms with E-state index in [-0.39, 0.29) is 12.1 Å². The molecule has 112 valence electrons. The minimum absolute atomic E-state index is 0.0302. The average molecular weight is 285 g/mol. The second-order valence-corrected chi connectivity index (χ2v) is 5.35. The zero-order valence-corrected chi connectivity index (χ0v) is 12.7. The number of nitrogens with zero attached hydrogens (tertiary/aromatic N) is 2. The zero-order chi connectivity index (χ0) is 14.7. The quantitative estimate of drug-likeness (QED) is 0.918. The summed E-state index contributed by atoms with van der Waals surface area (Å²) >= 11 is 0. The fraction of sp³-hybridized carbons (Fsp3) is 0.471. The Balaban J connectivity index is 1.99. The van der Waals surface area contributed by atoms with Crippen LogP contribution >= 0.6 is 0 Å². The van der Waals surface area contributed by atoms with Crippen molar-refractivity contribution in [2.45, 2.75) is 39.0 Å². The van der Waals surface area contributed by atoms with Gasteiger partial charge in [-0.1, -0.05) is 31.2 Å². The summed E-state index contributed by atoms with van der Waals surface area (Å²) in [7, 11) is 0. The summed E-state index contributed by atoms with van der Waals surface area (Å²) in [6, 6.07) is 8.68. The van der Waals surface area contributed by atoms with Crippen LogP contribution in [0.15, 0.2) is 36.7 Å². The summed E-state index contributed by atoms with van der Waals surface area (Å²) in [4.78, 5) is 4.57. The molecule has 0 aliphatic carbocycles. The fourth-order valence-electron chi connectivity index (χ4n) is 3.12. The van der Waals surface area contributed by atoms with Gasteiger partial charge in [0.1, 0.15) is 11.9 Å². The first-order valence-electron chi connectivity index (χ1n) is 7.79. The Kier molecular flexibility index (Phi) is 4.36. The highest BCUT2D eigenvalue weighted by molar-refractivity contribution is 5.32. The molecule has 4 nitrogen and oxygen atoms in total. The number of ether oxygens (including phenoxy) is 1. The van der Waals surface area contributed by atoms with E-state index >= 15 is 0 Å². The number of imidazole rings is 1. The van der Waals surface area contributed by atoms with Crippen molar-refractivity contribution in [2.24, 2.45) is 0 Å². The summed E-state index contributed by atoms with van der Waals surface area (Å²) in [5, 5.41) is 3.56. The van der Waals surface area contributed by atoms with Gasteiger partial charge in [0, 0.05) is 18.9 Å². The predicted octanol–water partition coefficient (Wildman–Crippen LogP) is 2.87. The number of fused-ring (bicyclic) bond motifs is 1. The SMILES string of the molecule is CCNC(c1nccn1CC)C1OCCc2ccccc21. The van der Waals surface area contributed by atoms with Crippen LogP contribution in [0.25, 0.3) is 0 Å². The van der Waals surface area contributed by atoms with Gasteiger partial charge in [-0.05, 0) is 31.0 Å². The van der Waals surface area contributed by atoms with Crippen LogP contribution in [-0.4, -0.2) is 22.7 Å². The summed E-state index contributed by atoms with van der Waals surface area (Å²) in [6.07, 6.45) is 4.93. The van der Waals surface area contributed by atoms with Gasteiger partial charge in [0.05, 0.1) is 12.6 Å². The van der Waals surface area contributed by atoms with Crippen molar-refractivity contribution < 1.29 is 4.74 Å². The molecule has 0 fully saturated rings. The first-order valence-corrected chi connectivity index (χ1v) is 7.79. The Bertz CT molecular complexity index is 593.